The van der Waals surface area contributed by atoms with E-state index in [9.17, 15) is 25.0 Å². The molecule has 0 saturated heterocycles. The van der Waals surface area contributed by atoms with Crippen molar-refractivity contribution in [2.24, 2.45) is 0 Å². The maximum Gasteiger partial charge on any atom is 0.339 e. The number of hydrogen-bond acceptors (Lipinski definition) is 7. The van der Waals surface area contributed by atoms with E-state index in [1.54, 1.807) is 0 Å². The number of nitrogens with zero attached hydrogens (tertiary/aromatic N) is 2. The Labute approximate surface area is 166 Å². The second-order valence-corrected chi connectivity index (χ2v) is 6.95. The van der Waals surface area contributed by atoms with Gasteiger partial charge in [0.15, 0.2) is 0 Å². The van der Waals surface area contributed by atoms with Crippen LogP contribution < -0.4 is 4.74 Å². The van der Waals surface area contributed by atoms with Gasteiger partial charge in [0.1, 0.15) is 18.0 Å². The molecule has 1 aliphatic rings. The molecular weight excluding hydrogens is 380 g/mol. The van der Waals surface area contributed by atoms with Gasteiger partial charge in [-0.2, -0.15) is 0 Å². The molecule has 0 unspecified atom stereocenters. The first-order chi connectivity index (χ1) is 13.8. The molecule has 29 heavy (non-hydrogen) atoms. The van der Waals surface area contributed by atoms with Crippen molar-refractivity contribution in [2.45, 2.75) is 44.8 Å². The van der Waals surface area contributed by atoms with Crippen molar-refractivity contribution < 1.29 is 24.1 Å². The molecule has 0 bridgehead atoms. The molecule has 9 heteroatoms. The van der Waals surface area contributed by atoms with Crippen LogP contribution in [0.1, 0.15) is 41.6 Å². The highest BCUT2D eigenvalue weighted by Crippen LogP contribution is 2.28. The molecule has 2 atom stereocenters. The van der Waals surface area contributed by atoms with Crippen LogP contribution in [0.15, 0.2) is 42.5 Å². The van der Waals surface area contributed by atoms with E-state index < -0.39 is 33.3 Å². The van der Waals surface area contributed by atoms with Gasteiger partial charge in [-0.15, -0.1) is 0 Å². The molecule has 0 N–H and O–H groups in total. The molecule has 1 saturated carbocycles. The maximum absolute atomic E-state index is 12.6. The average Bonchev–Trinajstić information content (AvgIpc) is 2.70. The SMILES string of the molecule is Cc1ccc(O[C@H]2CCCC[C@@H]2OC(=O)c2cc([N+](=O)[O-])cc([N+](=O)[O-])c2)cc1. The lowest BCUT2D eigenvalue weighted by Gasteiger charge is -2.31. The lowest BCUT2D eigenvalue weighted by molar-refractivity contribution is -0.394. The number of esters is 1. The third-order valence-electron chi connectivity index (χ3n) is 4.77. The van der Waals surface area contributed by atoms with Gasteiger partial charge in [-0.3, -0.25) is 20.2 Å². The third-order valence-corrected chi connectivity index (χ3v) is 4.77. The van der Waals surface area contributed by atoms with E-state index in [1.165, 1.54) is 0 Å². The Hall–Kier alpha value is -3.49. The fourth-order valence-electron chi connectivity index (χ4n) is 3.25. The van der Waals surface area contributed by atoms with Gasteiger partial charge in [-0.25, -0.2) is 4.79 Å². The number of carbonyl (C=O) groups excluding carboxylic acids is 1. The van der Waals surface area contributed by atoms with E-state index in [0.29, 0.717) is 18.6 Å². The first kappa shape index (κ1) is 20.2. The van der Waals surface area contributed by atoms with Gasteiger partial charge in [0.2, 0.25) is 0 Å². The number of ether oxygens (including phenoxy) is 2. The number of benzene rings is 2. The van der Waals surface area contributed by atoms with E-state index in [4.69, 9.17) is 9.47 Å². The number of aryl methyl sites for hydroxylation is 1. The fraction of sp³-hybridized carbons (Fsp3) is 0.350. The topological polar surface area (TPSA) is 122 Å². The minimum Gasteiger partial charge on any atom is -0.487 e. The third kappa shape index (κ3) is 5.07. The molecule has 1 fully saturated rings. The molecule has 9 nitrogen and oxygen atoms in total. The monoisotopic (exact) mass is 400 g/mol. The van der Waals surface area contributed by atoms with Gasteiger partial charge in [-0.1, -0.05) is 17.7 Å². The van der Waals surface area contributed by atoms with Crippen molar-refractivity contribution in [2.75, 3.05) is 0 Å². The Bertz CT molecular complexity index is 895. The standard InChI is InChI=1S/C20H20N2O7/c1-13-6-8-17(9-7-13)28-18-4-2-3-5-19(18)29-20(23)14-10-15(21(24)25)12-16(11-14)22(26)27/h6-12,18-19H,2-5H2,1H3/t18-,19-/m0/s1. The Morgan fingerprint density at radius 3 is 2.03 bits per heavy atom. The van der Waals surface area contributed by atoms with E-state index in [0.717, 1.165) is 36.6 Å². The molecule has 0 spiro atoms. The molecule has 0 aliphatic heterocycles. The van der Waals surface area contributed by atoms with E-state index in [2.05, 4.69) is 0 Å². The lowest BCUT2D eigenvalue weighted by atomic mass is 9.94. The Morgan fingerprint density at radius 2 is 1.48 bits per heavy atom. The number of rotatable bonds is 6. The van der Waals surface area contributed by atoms with Crippen LogP contribution in [0.4, 0.5) is 11.4 Å². The Morgan fingerprint density at radius 1 is 0.931 bits per heavy atom. The highest BCUT2D eigenvalue weighted by atomic mass is 16.6. The zero-order chi connectivity index (χ0) is 21.0. The average molecular weight is 400 g/mol. The molecule has 0 heterocycles. The van der Waals surface area contributed by atoms with Crippen LogP contribution in [0.2, 0.25) is 0 Å². The lowest BCUT2D eigenvalue weighted by Crippen LogP contribution is -2.38. The summed E-state index contributed by atoms with van der Waals surface area (Å²) >= 11 is 0. The largest absolute Gasteiger partial charge is 0.487 e. The van der Waals surface area contributed by atoms with E-state index in [1.807, 2.05) is 31.2 Å². The van der Waals surface area contributed by atoms with Crippen LogP contribution in [0.5, 0.6) is 5.75 Å². The summed E-state index contributed by atoms with van der Waals surface area (Å²) in [6.45, 7) is 1.97. The first-order valence-electron chi connectivity index (χ1n) is 9.21. The van der Waals surface area contributed by atoms with Gasteiger partial charge >= 0.3 is 5.97 Å². The molecule has 152 valence electrons. The van der Waals surface area contributed by atoms with E-state index >= 15 is 0 Å². The minimum atomic E-state index is -0.846. The zero-order valence-electron chi connectivity index (χ0n) is 15.8. The molecule has 3 rings (SSSR count). The minimum absolute atomic E-state index is 0.231. The van der Waals surface area contributed by atoms with Crippen molar-refractivity contribution in [1.82, 2.24) is 0 Å². The summed E-state index contributed by atoms with van der Waals surface area (Å²) in [6, 6.07) is 10.3. The van der Waals surface area contributed by atoms with Gasteiger partial charge in [0, 0.05) is 12.1 Å². The predicted molar refractivity (Wildman–Crippen MR) is 103 cm³/mol. The van der Waals surface area contributed by atoms with Crippen molar-refractivity contribution in [3.8, 4) is 5.75 Å². The highest BCUT2D eigenvalue weighted by Gasteiger charge is 2.31. The van der Waals surface area contributed by atoms with Gasteiger partial charge in [-0.05, 0) is 44.7 Å². The quantitative estimate of drug-likeness (QED) is 0.401. The second-order valence-electron chi connectivity index (χ2n) is 6.95. The number of non-ortho nitro benzene ring substituents is 2. The normalized spacial score (nSPS) is 18.7. The molecule has 0 aromatic heterocycles. The van der Waals surface area contributed by atoms with Crippen molar-refractivity contribution in [3.63, 3.8) is 0 Å². The summed E-state index contributed by atoms with van der Waals surface area (Å²) in [5.74, 6) is -0.184. The fourth-order valence-corrected chi connectivity index (χ4v) is 3.25. The molecule has 2 aromatic rings. The summed E-state index contributed by atoms with van der Waals surface area (Å²) in [5.41, 5.74) is -0.216. The zero-order valence-corrected chi connectivity index (χ0v) is 15.8. The summed E-state index contributed by atoms with van der Waals surface area (Å²) in [7, 11) is 0. The predicted octanol–water partition coefficient (Wildman–Crippen LogP) is 4.36. The maximum atomic E-state index is 12.6. The highest BCUT2D eigenvalue weighted by molar-refractivity contribution is 5.91. The van der Waals surface area contributed by atoms with Gasteiger partial charge in [0.25, 0.3) is 11.4 Å². The summed E-state index contributed by atoms with van der Waals surface area (Å²) in [5, 5.41) is 22.1. The Balaban J connectivity index is 1.77. The van der Waals surface area contributed by atoms with Crippen LogP contribution in [0, 0.1) is 27.2 Å². The number of nitro groups is 2. The summed E-state index contributed by atoms with van der Waals surface area (Å²) in [4.78, 5) is 33.1. The number of nitro benzene ring substituents is 2. The van der Waals surface area contributed by atoms with Crippen molar-refractivity contribution in [3.05, 3.63) is 73.8 Å². The number of carbonyl (C=O) groups is 1. The molecule has 2 aromatic carbocycles. The van der Waals surface area contributed by atoms with Crippen LogP contribution in [0.3, 0.4) is 0 Å². The van der Waals surface area contributed by atoms with Crippen molar-refractivity contribution in [1.29, 1.82) is 0 Å². The van der Waals surface area contributed by atoms with Gasteiger partial charge in [0.05, 0.1) is 21.5 Å². The molecule has 0 amide bonds. The first-order valence-corrected chi connectivity index (χ1v) is 9.21. The van der Waals surface area contributed by atoms with Crippen molar-refractivity contribution >= 4 is 17.3 Å². The van der Waals surface area contributed by atoms with Crippen LogP contribution in [-0.2, 0) is 4.74 Å². The van der Waals surface area contributed by atoms with Gasteiger partial charge < -0.3 is 9.47 Å². The van der Waals surface area contributed by atoms with E-state index in [-0.39, 0.29) is 11.7 Å². The molecule has 1 aliphatic carbocycles. The number of hydrogen-bond donors (Lipinski definition) is 0. The molecular formula is C20H20N2O7. The second kappa shape index (κ2) is 8.68. The molecule has 0 radical (unpaired) electrons. The Kier molecular flexibility index (Phi) is 6.06. The van der Waals surface area contributed by atoms with Crippen LogP contribution in [-0.4, -0.2) is 28.0 Å². The van der Waals surface area contributed by atoms with Crippen LogP contribution in [0.25, 0.3) is 0 Å². The smallest absolute Gasteiger partial charge is 0.339 e. The summed E-state index contributed by atoms with van der Waals surface area (Å²) < 4.78 is 11.5. The van der Waals surface area contributed by atoms with Crippen LogP contribution >= 0.6 is 0 Å². The summed E-state index contributed by atoms with van der Waals surface area (Å²) in [6.07, 6.45) is 2.15.